The highest BCUT2D eigenvalue weighted by molar-refractivity contribution is 5.94. The molecule has 0 aromatic heterocycles. The lowest BCUT2D eigenvalue weighted by Gasteiger charge is -2.40. The highest BCUT2D eigenvalue weighted by Crippen LogP contribution is 2.36. The Morgan fingerprint density at radius 3 is 2.25 bits per heavy atom. The molecule has 5 atom stereocenters. The standard InChI is InChI=1S/C31H43NO8/c1-8-9-10-12-17-21(20-15-13-11-14-16-20)18-23(33)32-24-25(39-28(35)31(5,6)7)22(38-27(34)30(2,3)4)19-37-26(24)40-29(32)36/h11-17,21-22,24-26H,8-10,18-19H2,1-7H3/b17-12+/t21?,22-,24+,25-,26+/m1/s1. The van der Waals surface area contributed by atoms with Crippen LogP contribution in [0.4, 0.5) is 4.79 Å². The minimum atomic E-state index is -1.16. The predicted molar refractivity (Wildman–Crippen MR) is 148 cm³/mol. The SMILES string of the molecule is CCCC/C=C/C(CC(=O)N1C(=O)O[C@@H]2OC[C@@H](OC(=O)C(C)(C)C)[C@@H](OC(=O)C(C)(C)C)[C@@H]21)c1ccccc1. The van der Waals surface area contributed by atoms with Gasteiger partial charge in [0.2, 0.25) is 12.2 Å². The number of amides is 2. The van der Waals surface area contributed by atoms with E-state index < -0.39 is 59.3 Å². The van der Waals surface area contributed by atoms with Crippen LogP contribution in [0.2, 0.25) is 0 Å². The summed E-state index contributed by atoms with van der Waals surface area (Å²) in [5.74, 6) is -1.88. The van der Waals surface area contributed by atoms with E-state index in [-0.39, 0.29) is 18.9 Å². The molecule has 0 saturated carbocycles. The molecule has 9 nitrogen and oxygen atoms in total. The molecule has 2 aliphatic rings. The van der Waals surface area contributed by atoms with Crippen molar-refractivity contribution in [3.63, 3.8) is 0 Å². The fourth-order valence-electron chi connectivity index (χ4n) is 4.40. The Morgan fingerprint density at radius 1 is 1.02 bits per heavy atom. The average Bonchev–Trinajstić information content (AvgIpc) is 3.22. The van der Waals surface area contributed by atoms with E-state index in [4.69, 9.17) is 18.9 Å². The van der Waals surface area contributed by atoms with Crippen molar-refractivity contribution in [2.75, 3.05) is 6.61 Å². The van der Waals surface area contributed by atoms with Crippen molar-refractivity contribution in [2.45, 2.75) is 105 Å². The summed E-state index contributed by atoms with van der Waals surface area (Å²) in [4.78, 5) is 53.6. The van der Waals surface area contributed by atoms with Crippen LogP contribution in [0.1, 0.15) is 85.6 Å². The molecule has 3 rings (SSSR count). The second kappa shape index (κ2) is 13.0. The van der Waals surface area contributed by atoms with Gasteiger partial charge >= 0.3 is 18.0 Å². The Kier molecular flexibility index (Phi) is 10.2. The Hall–Kier alpha value is -3.20. The van der Waals surface area contributed by atoms with Crippen molar-refractivity contribution < 1.29 is 38.1 Å². The minimum absolute atomic E-state index is 0.0165. The Labute approximate surface area is 237 Å². The van der Waals surface area contributed by atoms with Crippen LogP contribution in [0, 0.1) is 10.8 Å². The van der Waals surface area contributed by atoms with E-state index in [1.165, 1.54) is 0 Å². The highest BCUT2D eigenvalue weighted by atomic mass is 16.7. The summed E-state index contributed by atoms with van der Waals surface area (Å²) in [5, 5.41) is 0. The van der Waals surface area contributed by atoms with Gasteiger partial charge in [-0.05, 0) is 53.5 Å². The van der Waals surface area contributed by atoms with E-state index >= 15 is 0 Å². The number of imide groups is 1. The summed E-state index contributed by atoms with van der Waals surface area (Å²) in [6.45, 7) is 12.1. The third-order valence-corrected chi connectivity index (χ3v) is 6.83. The molecular weight excluding hydrogens is 514 g/mol. The molecule has 9 heteroatoms. The maximum atomic E-state index is 13.8. The first-order valence-electron chi connectivity index (χ1n) is 14.0. The van der Waals surface area contributed by atoms with Crippen molar-refractivity contribution in [1.29, 1.82) is 0 Å². The van der Waals surface area contributed by atoms with Crippen LogP contribution in [-0.4, -0.2) is 60.0 Å². The van der Waals surface area contributed by atoms with Crippen LogP contribution in [0.25, 0.3) is 0 Å². The highest BCUT2D eigenvalue weighted by Gasteiger charge is 2.58. The molecule has 1 aromatic carbocycles. The molecule has 0 bridgehead atoms. The van der Waals surface area contributed by atoms with Gasteiger partial charge in [-0.1, -0.05) is 62.2 Å². The number of hydrogen-bond donors (Lipinski definition) is 0. The van der Waals surface area contributed by atoms with E-state index in [0.29, 0.717) is 0 Å². The molecule has 1 aromatic rings. The zero-order valence-corrected chi connectivity index (χ0v) is 24.7. The molecule has 1 unspecified atom stereocenters. The molecule has 0 spiro atoms. The molecule has 40 heavy (non-hydrogen) atoms. The minimum Gasteiger partial charge on any atom is -0.455 e. The second-order valence-electron chi connectivity index (χ2n) is 12.4. The molecule has 0 N–H and O–H groups in total. The number of allylic oxidation sites excluding steroid dienone is 2. The summed E-state index contributed by atoms with van der Waals surface area (Å²) in [6, 6.07) is 8.46. The number of esters is 2. The number of fused-ring (bicyclic) bond motifs is 1. The fourth-order valence-corrected chi connectivity index (χ4v) is 4.40. The Morgan fingerprint density at radius 2 is 1.65 bits per heavy atom. The summed E-state index contributed by atoms with van der Waals surface area (Å²) in [7, 11) is 0. The second-order valence-corrected chi connectivity index (χ2v) is 12.4. The third-order valence-electron chi connectivity index (χ3n) is 6.83. The zero-order chi connectivity index (χ0) is 29.7. The molecule has 0 aliphatic carbocycles. The van der Waals surface area contributed by atoms with Gasteiger partial charge in [0.15, 0.2) is 12.2 Å². The van der Waals surface area contributed by atoms with Crippen LogP contribution in [0.5, 0.6) is 0 Å². The van der Waals surface area contributed by atoms with Crippen LogP contribution in [0.3, 0.4) is 0 Å². The zero-order valence-electron chi connectivity index (χ0n) is 24.7. The van der Waals surface area contributed by atoms with E-state index in [2.05, 4.69) is 13.0 Å². The van der Waals surface area contributed by atoms with Crippen LogP contribution >= 0.6 is 0 Å². The Bertz CT molecular complexity index is 1080. The first-order chi connectivity index (χ1) is 18.7. The molecular formula is C31H43NO8. The van der Waals surface area contributed by atoms with Gasteiger partial charge in [-0.2, -0.15) is 0 Å². The van der Waals surface area contributed by atoms with Crippen molar-refractivity contribution in [3.05, 3.63) is 48.0 Å². The average molecular weight is 558 g/mol. The molecule has 2 fully saturated rings. The van der Waals surface area contributed by atoms with Gasteiger partial charge in [0.25, 0.3) is 0 Å². The largest absolute Gasteiger partial charge is 0.455 e. The molecule has 2 amide bonds. The maximum Gasteiger partial charge on any atom is 0.419 e. The van der Waals surface area contributed by atoms with Gasteiger partial charge in [-0.25, -0.2) is 9.69 Å². The number of carbonyl (C=O) groups excluding carboxylic acids is 4. The molecule has 0 radical (unpaired) electrons. The lowest BCUT2D eigenvalue weighted by molar-refractivity contribution is -0.227. The lowest BCUT2D eigenvalue weighted by Crippen LogP contribution is -2.61. The van der Waals surface area contributed by atoms with Gasteiger partial charge in [0.05, 0.1) is 17.4 Å². The van der Waals surface area contributed by atoms with E-state index in [1.54, 1.807) is 41.5 Å². The number of carbonyl (C=O) groups is 4. The molecule has 220 valence electrons. The predicted octanol–water partition coefficient (Wildman–Crippen LogP) is 5.53. The van der Waals surface area contributed by atoms with Gasteiger partial charge in [-0.3, -0.25) is 14.4 Å². The molecule has 2 aliphatic heterocycles. The first kappa shape index (κ1) is 31.3. The summed E-state index contributed by atoms with van der Waals surface area (Å²) < 4.78 is 22.7. The molecule has 2 saturated heterocycles. The number of hydrogen-bond acceptors (Lipinski definition) is 8. The van der Waals surface area contributed by atoms with Crippen LogP contribution in [0.15, 0.2) is 42.5 Å². The summed E-state index contributed by atoms with van der Waals surface area (Å²) in [5.41, 5.74) is -0.785. The number of ether oxygens (including phenoxy) is 4. The van der Waals surface area contributed by atoms with Gasteiger partial charge in [-0.15, -0.1) is 0 Å². The van der Waals surface area contributed by atoms with Gasteiger partial charge < -0.3 is 18.9 Å². The number of rotatable bonds is 9. The quantitative estimate of drug-likeness (QED) is 0.169. The summed E-state index contributed by atoms with van der Waals surface area (Å²) in [6.07, 6.45) is 2.74. The molecule has 2 heterocycles. The van der Waals surface area contributed by atoms with Crippen molar-refractivity contribution in [3.8, 4) is 0 Å². The maximum absolute atomic E-state index is 13.8. The van der Waals surface area contributed by atoms with E-state index in [9.17, 15) is 19.2 Å². The van der Waals surface area contributed by atoms with E-state index in [1.807, 2.05) is 36.4 Å². The van der Waals surface area contributed by atoms with E-state index in [0.717, 1.165) is 29.7 Å². The van der Waals surface area contributed by atoms with Crippen molar-refractivity contribution in [1.82, 2.24) is 4.90 Å². The topological polar surface area (TPSA) is 108 Å². The number of nitrogens with zero attached hydrogens (tertiary/aromatic N) is 1. The first-order valence-corrected chi connectivity index (χ1v) is 14.0. The fraction of sp³-hybridized carbons (Fsp3) is 0.613. The van der Waals surface area contributed by atoms with Gasteiger partial charge in [0, 0.05) is 12.3 Å². The normalized spacial score (nSPS) is 23.9. The van der Waals surface area contributed by atoms with Gasteiger partial charge in [0.1, 0.15) is 6.04 Å². The van der Waals surface area contributed by atoms with Crippen molar-refractivity contribution in [2.24, 2.45) is 10.8 Å². The van der Waals surface area contributed by atoms with Crippen molar-refractivity contribution >= 4 is 23.9 Å². The number of unbranched alkanes of at least 4 members (excludes halogenated alkanes) is 2. The third kappa shape index (κ3) is 7.71. The smallest absolute Gasteiger partial charge is 0.419 e. The van der Waals surface area contributed by atoms with Crippen LogP contribution < -0.4 is 0 Å². The monoisotopic (exact) mass is 557 g/mol. The lowest BCUT2D eigenvalue weighted by atomic mass is 9.92. The summed E-state index contributed by atoms with van der Waals surface area (Å²) >= 11 is 0. The van der Waals surface area contributed by atoms with Crippen LogP contribution in [-0.2, 0) is 33.3 Å². The Balaban J connectivity index is 1.92. The number of benzene rings is 1.